The number of quaternary nitrogens is 1. The third kappa shape index (κ3) is 6.81. The van der Waals surface area contributed by atoms with E-state index in [0.29, 0.717) is 5.56 Å². The van der Waals surface area contributed by atoms with Gasteiger partial charge >= 0.3 is 12.0 Å². The van der Waals surface area contributed by atoms with Gasteiger partial charge in [0.25, 0.3) is 5.91 Å². The summed E-state index contributed by atoms with van der Waals surface area (Å²) in [6, 6.07) is 6.42. The first kappa shape index (κ1) is 19.9. The molecule has 3 amide bonds. The van der Waals surface area contributed by atoms with E-state index in [4.69, 9.17) is 9.47 Å². The van der Waals surface area contributed by atoms with Crippen molar-refractivity contribution in [2.24, 2.45) is 0 Å². The van der Waals surface area contributed by atoms with Crippen molar-refractivity contribution in [1.82, 2.24) is 10.6 Å². The predicted octanol–water partition coefficient (Wildman–Crippen LogP) is -0.507. The summed E-state index contributed by atoms with van der Waals surface area (Å²) in [6.45, 7) is 7.42. The van der Waals surface area contributed by atoms with Crippen LogP contribution in [0.25, 0.3) is 0 Å². The van der Waals surface area contributed by atoms with Gasteiger partial charge in [0.1, 0.15) is 19.6 Å². The highest BCUT2D eigenvalue weighted by Crippen LogP contribution is 2.05. The molecule has 26 heavy (non-hydrogen) atoms. The highest BCUT2D eigenvalue weighted by molar-refractivity contribution is 5.97. The Bertz CT molecular complexity index is 624. The van der Waals surface area contributed by atoms with Crippen molar-refractivity contribution >= 4 is 17.9 Å². The lowest BCUT2D eigenvalue weighted by atomic mass is 10.1. The van der Waals surface area contributed by atoms with Crippen molar-refractivity contribution < 1.29 is 28.8 Å². The van der Waals surface area contributed by atoms with Gasteiger partial charge in [-0.05, 0) is 26.0 Å². The molecule has 0 saturated carbocycles. The van der Waals surface area contributed by atoms with E-state index in [1.165, 1.54) is 4.90 Å². The lowest BCUT2D eigenvalue weighted by Crippen LogP contribution is -3.12. The van der Waals surface area contributed by atoms with E-state index >= 15 is 0 Å². The largest absolute Gasteiger partial charge is 0.452 e. The SMILES string of the molecule is CC(C)NC(=O)NC(=O)COC(=O)c1ccc(C[NH+]2CCOCC2)cc1. The Labute approximate surface area is 152 Å². The van der Waals surface area contributed by atoms with Gasteiger partial charge in [0.05, 0.1) is 18.8 Å². The first-order valence-corrected chi connectivity index (χ1v) is 8.72. The minimum Gasteiger partial charge on any atom is -0.452 e. The molecule has 1 aliphatic rings. The van der Waals surface area contributed by atoms with Gasteiger partial charge in [0.15, 0.2) is 6.61 Å². The zero-order valence-corrected chi connectivity index (χ0v) is 15.2. The average molecular weight is 364 g/mol. The summed E-state index contributed by atoms with van der Waals surface area (Å²) in [4.78, 5) is 36.4. The van der Waals surface area contributed by atoms with Crippen LogP contribution < -0.4 is 15.5 Å². The Morgan fingerprint density at radius 2 is 1.81 bits per heavy atom. The summed E-state index contributed by atoms with van der Waals surface area (Å²) in [6.07, 6.45) is 0. The van der Waals surface area contributed by atoms with Crippen LogP contribution in [0.5, 0.6) is 0 Å². The monoisotopic (exact) mass is 364 g/mol. The van der Waals surface area contributed by atoms with Crippen LogP contribution in [0.4, 0.5) is 4.79 Å². The molecule has 0 radical (unpaired) electrons. The Hall–Kier alpha value is -2.45. The van der Waals surface area contributed by atoms with Crippen LogP contribution in [0, 0.1) is 0 Å². The molecule has 8 heteroatoms. The fourth-order valence-corrected chi connectivity index (χ4v) is 2.56. The number of ether oxygens (including phenoxy) is 2. The summed E-state index contributed by atoms with van der Waals surface area (Å²) < 4.78 is 10.3. The number of morpholine rings is 1. The molecule has 8 nitrogen and oxygen atoms in total. The fraction of sp³-hybridized carbons (Fsp3) is 0.500. The van der Waals surface area contributed by atoms with E-state index < -0.39 is 24.5 Å². The van der Waals surface area contributed by atoms with E-state index in [1.807, 2.05) is 12.1 Å². The lowest BCUT2D eigenvalue weighted by molar-refractivity contribution is -0.921. The molecule has 1 aromatic carbocycles. The third-order valence-electron chi connectivity index (χ3n) is 3.85. The zero-order chi connectivity index (χ0) is 18.9. The highest BCUT2D eigenvalue weighted by atomic mass is 16.5. The van der Waals surface area contributed by atoms with Gasteiger partial charge in [0, 0.05) is 11.6 Å². The van der Waals surface area contributed by atoms with Gasteiger partial charge in [-0.15, -0.1) is 0 Å². The van der Waals surface area contributed by atoms with Crippen molar-refractivity contribution in [3.05, 3.63) is 35.4 Å². The molecule has 142 valence electrons. The maximum absolute atomic E-state index is 12.0. The van der Waals surface area contributed by atoms with E-state index in [2.05, 4.69) is 10.6 Å². The number of carbonyl (C=O) groups excluding carboxylic acids is 3. The van der Waals surface area contributed by atoms with E-state index in [-0.39, 0.29) is 6.04 Å². The molecule has 1 heterocycles. The van der Waals surface area contributed by atoms with E-state index in [1.54, 1.807) is 26.0 Å². The van der Waals surface area contributed by atoms with Crippen LogP contribution in [0.15, 0.2) is 24.3 Å². The normalized spacial score (nSPS) is 14.7. The summed E-state index contributed by atoms with van der Waals surface area (Å²) in [7, 11) is 0. The van der Waals surface area contributed by atoms with Gasteiger partial charge < -0.3 is 19.7 Å². The van der Waals surface area contributed by atoms with Crippen LogP contribution in [0.1, 0.15) is 29.8 Å². The maximum atomic E-state index is 12.0. The Morgan fingerprint density at radius 1 is 1.15 bits per heavy atom. The van der Waals surface area contributed by atoms with Crippen LogP contribution in [0.2, 0.25) is 0 Å². The molecule has 1 fully saturated rings. The van der Waals surface area contributed by atoms with E-state index in [0.717, 1.165) is 38.4 Å². The van der Waals surface area contributed by atoms with Crippen LogP contribution in [-0.2, 0) is 20.8 Å². The molecule has 0 aliphatic carbocycles. The van der Waals surface area contributed by atoms with Crippen molar-refractivity contribution in [2.75, 3.05) is 32.9 Å². The fourth-order valence-electron chi connectivity index (χ4n) is 2.56. The molecule has 1 aromatic rings. The molecular formula is C18H26N3O5+. The summed E-state index contributed by atoms with van der Waals surface area (Å²) in [5, 5.41) is 4.60. The number of imide groups is 1. The number of rotatable bonds is 6. The van der Waals surface area contributed by atoms with Crippen molar-refractivity contribution in [1.29, 1.82) is 0 Å². The van der Waals surface area contributed by atoms with Crippen LogP contribution >= 0.6 is 0 Å². The first-order chi connectivity index (χ1) is 12.4. The number of hydrogen-bond donors (Lipinski definition) is 3. The molecule has 3 N–H and O–H groups in total. The van der Waals surface area contributed by atoms with Gasteiger partial charge in [-0.1, -0.05) is 12.1 Å². The molecular weight excluding hydrogens is 338 g/mol. The van der Waals surface area contributed by atoms with Crippen molar-refractivity contribution in [3.63, 3.8) is 0 Å². The second-order valence-electron chi connectivity index (χ2n) is 6.49. The molecule has 0 atom stereocenters. The smallest absolute Gasteiger partial charge is 0.338 e. The molecule has 2 rings (SSSR count). The van der Waals surface area contributed by atoms with Crippen molar-refractivity contribution in [3.8, 4) is 0 Å². The number of esters is 1. The molecule has 0 unspecified atom stereocenters. The number of nitrogens with one attached hydrogen (secondary N) is 3. The Morgan fingerprint density at radius 3 is 2.42 bits per heavy atom. The number of hydrogen-bond acceptors (Lipinski definition) is 5. The molecule has 1 saturated heterocycles. The summed E-state index contributed by atoms with van der Waals surface area (Å²) in [5.74, 6) is -1.28. The van der Waals surface area contributed by atoms with Gasteiger partial charge in [-0.2, -0.15) is 0 Å². The number of amides is 3. The third-order valence-corrected chi connectivity index (χ3v) is 3.85. The van der Waals surface area contributed by atoms with Crippen molar-refractivity contribution in [2.45, 2.75) is 26.4 Å². The number of carbonyl (C=O) groups is 3. The minimum absolute atomic E-state index is 0.0943. The second kappa shape index (κ2) is 9.88. The topological polar surface area (TPSA) is 98.2 Å². The number of urea groups is 1. The number of benzene rings is 1. The standard InChI is InChI=1S/C18H25N3O5/c1-13(2)19-18(24)20-16(22)12-26-17(23)15-5-3-14(4-6-15)11-21-7-9-25-10-8-21/h3-6,13H,7-12H2,1-2H3,(H2,19,20,22,24)/p+1. The van der Waals surface area contributed by atoms with Crippen LogP contribution in [-0.4, -0.2) is 56.9 Å². The summed E-state index contributed by atoms with van der Waals surface area (Å²) >= 11 is 0. The quantitative estimate of drug-likeness (QED) is 0.591. The molecule has 0 bridgehead atoms. The summed E-state index contributed by atoms with van der Waals surface area (Å²) in [5.41, 5.74) is 1.49. The molecule has 0 spiro atoms. The lowest BCUT2D eigenvalue weighted by Gasteiger charge is -2.23. The van der Waals surface area contributed by atoms with Gasteiger partial charge in [0.2, 0.25) is 0 Å². The Balaban J connectivity index is 1.76. The second-order valence-corrected chi connectivity index (χ2v) is 6.49. The minimum atomic E-state index is -0.677. The molecule has 0 aromatic heterocycles. The van der Waals surface area contributed by atoms with Gasteiger partial charge in [-0.3, -0.25) is 10.1 Å². The predicted molar refractivity (Wildman–Crippen MR) is 93.8 cm³/mol. The Kier molecular flexibility index (Phi) is 7.55. The maximum Gasteiger partial charge on any atom is 0.338 e. The zero-order valence-electron chi connectivity index (χ0n) is 15.2. The average Bonchev–Trinajstić information content (AvgIpc) is 2.60. The first-order valence-electron chi connectivity index (χ1n) is 8.72. The van der Waals surface area contributed by atoms with Gasteiger partial charge in [-0.25, -0.2) is 9.59 Å². The van der Waals surface area contributed by atoms with Crippen LogP contribution in [0.3, 0.4) is 0 Å². The highest BCUT2D eigenvalue weighted by Gasteiger charge is 2.16. The molecule has 1 aliphatic heterocycles. The van der Waals surface area contributed by atoms with E-state index in [9.17, 15) is 14.4 Å².